The van der Waals surface area contributed by atoms with Gasteiger partial charge >= 0.3 is 12.0 Å². The molecule has 1 aliphatic rings. The Balaban J connectivity index is 1.23. The molecule has 2 atom stereocenters. The molecule has 5 rings (SSSR count). The number of ether oxygens (including phenoxy) is 4. The van der Waals surface area contributed by atoms with E-state index in [1.807, 2.05) is 24.3 Å². The fourth-order valence-corrected chi connectivity index (χ4v) is 4.19. The molecule has 0 bridgehead atoms. The first kappa shape index (κ1) is 24.4. The summed E-state index contributed by atoms with van der Waals surface area (Å²) in [6, 6.07) is 15.0. The van der Waals surface area contributed by atoms with Crippen LogP contribution in [0.2, 0.25) is 0 Å². The molecule has 2 aromatic carbocycles. The Morgan fingerprint density at radius 2 is 1.19 bits per heavy atom. The lowest BCUT2D eigenvalue weighted by Crippen LogP contribution is -2.48. The van der Waals surface area contributed by atoms with Crippen LogP contribution in [0, 0.1) is 0 Å². The van der Waals surface area contributed by atoms with Crippen molar-refractivity contribution < 1.29 is 18.9 Å². The summed E-state index contributed by atoms with van der Waals surface area (Å²) >= 11 is 0. The highest BCUT2D eigenvalue weighted by Crippen LogP contribution is 2.36. The summed E-state index contributed by atoms with van der Waals surface area (Å²) in [5, 5.41) is 3.51. The first-order valence-corrected chi connectivity index (χ1v) is 11.9. The lowest BCUT2D eigenvalue weighted by Gasteiger charge is -2.38. The maximum Gasteiger partial charge on any atom is 0.321 e. The minimum absolute atomic E-state index is 0.0241. The summed E-state index contributed by atoms with van der Waals surface area (Å²) < 4.78 is 21.8. The number of benzene rings is 2. The normalized spacial score (nSPS) is 19.2. The lowest BCUT2D eigenvalue weighted by atomic mass is 9.79. The van der Waals surface area contributed by atoms with Crippen molar-refractivity contribution in [2.45, 2.75) is 24.4 Å². The third-order valence-electron chi connectivity index (χ3n) is 6.32. The Bertz CT molecular complexity index is 1300. The van der Waals surface area contributed by atoms with Crippen LogP contribution in [0.4, 0.5) is 0 Å². The second kappa shape index (κ2) is 10.8. The van der Waals surface area contributed by atoms with Crippen LogP contribution in [0.15, 0.2) is 73.3 Å². The number of nitrogens with two attached hydrogens (primary N) is 1. The van der Waals surface area contributed by atoms with Crippen LogP contribution >= 0.6 is 0 Å². The smallest absolute Gasteiger partial charge is 0.321 e. The monoisotopic (exact) mass is 500 g/mol. The molecule has 190 valence electrons. The van der Waals surface area contributed by atoms with Gasteiger partial charge in [-0.25, -0.2) is 19.9 Å². The predicted octanol–water partition coefficient (Wildman–Crippen LogP) is 4.15. The van der Waals surface area contributed by atoms with Gasteiger partial charge in [0.05, 0.1) is 14.2 Å². The van der Waals surface area contributed by atoms with Crippen LogP contribution in [0.1, 0.15) is 30.0 Å². The highest BCUT2D eigenvalue weighted by atomic mass is 16.5. The van der Waals surface area contributed by atoms with E-state index in [-0.39, 0.29) is 18.1 Å². The zero-order valence-corrected chi connectivity index (χ0v) is 20.6. The summed E-state index contributed by atoms with van der Waals surface area (Å²) in [7, 11) is 3.24. The van der Waals surface area contributed by atoms with E-state index >= 15 is 0 Å². The Kier molecular flexibility index (Phi) is 7.11. The highest BCUT2D eigenvalue weighted by Gasteiger charge is 2.35. The zero-order valence-electron chi connectivity index (χ0n) is 20.6. The number of piperidine rings is 1. The first-order chi connectivity index (χ1) is 18.0. The van der Waals surface area contributed by atoms with Gasteiger partial charge in [0.25, 0.3) is 0 Å². The SMILES string of the molecule is COc1ccc(Oc2ncc(C3CC(N)(c4cnc(Oc5ccc(OC)cc5)nc4)CCN3)cn2)cc1. The molecule has 37 heavy (non-hydrogen) atoms. The highest BCUT2D eigenvalue weighted by molar-refractivity contribution is 5.34. The molecule has 1 saturated heterocycles. The predicted molar refractivity (Wildman–Crippen MR) is 136 cm³/mol. The number of nitrogens with one attached hydrogen (secondary N) is 1. The van der Waals surface area contributed by atoms with Gasteiger partial charge in [-0.05, 0) is 67.9 Å². The largest absolute Gasteiger partial charge is 0.497 e. The van der Waals surface area contributed by atoms with E-state index in [9.17, 15) is 0 Å². The van der Waals surface area contributed by atoms with E-state index < -0.39 is 5.54 Å². The summed E-state index contributed by atoms with van der Waals surface area (Å²) in [4.78, 5) is 17.5. The molecule has 3 heterocycles. The van der Waals surface area contributed by atoms with Crippen LogP contribution in [0.3, 0.4) is 0 Å². The van der Waals surface area contributed by atoms with Gasteiger partial charge in [0, 0.05) is 47.5 Å². The minimum Gasteiger partial charge on any atom is -0.497 e. The molecule has 1 fully saturated rings. The van der Waals surface area contributed by atoms with E-state index in [0.717, 1.165) is 35.6 Å². The molecule has 2 unspecified atom stereocenters. The van der Waals surface area contributed by atoms with Crippen LogP contribution in [0.25, 0.3) is 0 Å². The van der Waals surface area contributed by atoms with Gasteiger partial charge in [-0.1, -0.05) is 0 Å². The second-order valence-corrected chi connectivity index (χ2v) is 8.73. The topological polar surface area (TPSA) is 127 Å². The van der Waals surface area contributed by atoms with Crippen molar-refractivity contribution in [2.75, 3.05) is 20.8 Å². The molecule has 0 aliphatic carbocycles. The Hall–Kier alpha value is -4.28. The molecule has 2 aromatic heterocycles. The number of rotatable bonds is 8. The average Bonchev–Trinajstić information content (AvgIpc) is 2.95. The maximum atomic E-state index is 6.85. The van der Waals surface area contributed by atoms with Crippen molar-refractivity contribution in [3.63, 3.8) is 0 Å². The second-order valence-electron chi connectivity index (χ2n) is 8.73. The molecule has 0 spiro atoms. The lowest BCUT2D eigenvalue weighted by molar-refractivity contribution is 0.257. The van der Waals surface area contributed by atoms with Crippen molar-refractivity contribution in [3.05, 3.63) is 84.4 Å². The number of aromatic nitrogens is 4. The zero-order chi connectivity index (χ0) is 25.7. The van der Waals surface area contributed by atoms with Gasteiger partial charge in [-0.3, -0.25) is 0 Å². The first-order valence-electron chi connectivity index (χ1n) is 11.9. The number of nitrogens with zero attached hydrogens (tertiary/aromatic N) is 4. The molecule has 10 heteroatoms. The summed E-state index contributed by atoms with van der Waals surface area (Å²) in [6.45, 7) is 0.732. The van der Waals surface area contributed by atoms with E-state index in [1.54, 1.807) is 63.3 Å². The molecular formula is C27H28N6O4. The third-order valence-corrected chi connectivity index (χ3v) is 6.32. The molecule has 0 amide bonds. The third kappa shape index (κ3) is 5.76. The standard InChI is InChI=1S/C27H28N6O4/c1-34-20-3-7-22(8-4-20)36-25-30-14-18(15-31-25)24-13-27(28,11-12-29-24)19-16-32-26(33-17-19)37-23-9-5-21(35-2)6-10-23/h3-10,14-17,24,29H,11-13,28H2,1-2H3. The minimum atomic E-state index is -0.604. The molecular weight excluding hydrogens is 472 g/mol. The van der Waals surface area contributed by atoms with Gasteiger partial charge < -0.3 is 30.0 Å². The fraction of sp³-hybridized carbons (Fsp3) is 0.259. The average molecular weight is 501 g/mol. The molecule has 0 radical (unpaired) electrons. The molecule has 1 aliphatic heterocycles. The molecule has 4 aromatic rings. The van der Waals surface area contributed by atoms with Crippen molar-refractivity contribution in [2.24, 2.45) is 5.73 Å². The van der Waals surface area contributed by atoms with Crippen LogP contribution in [0.5, 0.6) is 35.0 Å². The van der Waals surface area contributed by atoms with Gasteiger partial charge in [0.15, 0.2) is 0 Å². The molecule has 10 nitrogen and oxygen atoms in total. The molecule has 0 saturated carbocycles. The molecule has 3 N–H and O–H groups in total. The Labute approximate surface area is 214 Å². The van der Waals surface area contributed by atoms with Crippen LogP contribution in [-0.4, -0.2) is 40.7 Å². The van der Waals surface area contributed by atoms with E-state index in [2.05, 4.69) is 25.3 Å². The Morgan fingerprint density at radius 3 is 1.68 bits per heavy atom. The summed E-state index contributed by atoms with van der Waals surface area (Å²) in [5.41, 5.74) is 8.02. The van der Waals surface area contributed by atoms with Crippen LogP contribution in [-0.2, 0) is 5.54 Å². The fourth-order valence-electron chi connectivity index (χ4n) is 4.19. The number of hydrogen-bond donors (Lipinski definition) is 2. The Morgan fingerprint density at radius 1 is 0.730 bits per heavy atom. The van der Waals surface area contributed by atoms with Crippen molar-refractivity contribution in [1.29, 1.82) is 0 Å². The van der Waals surface area contributed by atoms with E-state index in [4.69, 9.17) is 24.7 Å². The van der Waals surface area contributed by atoms with Gasteiger partial charge in [0.2, 0.25) is 0 Å². The quantitative estimate of drug-likeness (QED) is 0.364. The van der Waals surface area contributed by atoms with E-state index in [0.29, 0.717) is 17.9 Å². The van der Waals surface area contributed by atoms with Crippen molar-refractivity contribution in [1.82, 2.24) is 25.3 Å². The number of methoxy groups -OCH3 is 2. The van der Waals surface area contributed by atoms with Crippen molar-refractivity contribution in [3.8, 4) is 35.0 Å². The van der Waals surface area contributed by atoms with Gasteiger partial charge in [-0.2, -0.15) is 0 Å². The summed E-state index contributed by atoms with van der Waals surface area (Å²) in [6.07, 6.45) is 8.37. The summed E-state index contributed by atoms with van der Waals surface area (Å²) in [5.74, 6) is 2.75. The van der Waals surface area contributed by atoms with Gasteiger partial charge in [-0.15, -0.1) is 0 Å². The van der Waals surface area contributed by atoms with Gasteiger partial charge in [0.1, 0.15) is 23.0 Å². The van der Waals surface area contributed by atoms with Crippen molar-refractivity contribution >= 4 is 0 Å². The van der Waals surface area contributed by atoms with E-state index in [1.165, 1.54) is 0 Å². The maximum absolute atomic E-state index is 6.85. The number of hydrogen-bond acceptors (Lipinski definition) is 10. The van der Waals surface area contributed by atoms with Crippen LogP contribution < -0.4 is 30.0 Å².